The Morgan fingerprint density at radius 2 is 1.43 bits per heavy atom. The van der Waals surface area contributed by atoms with Crippen LogP contribution in [0, 0.1) is 0 Å². The molecule has 0 unspecified atom stereocenters. The quantitative estimate of drug-likeness (QED) is 0.234. The van der Waals surface area contributed by atoms with Crippen LogP contribution in [0.15, 0.2) is 12.7 Å². The van der Waals surface area contributed by atoms with Crippen LogP contribution in [0.5, 0.6) is 0 Å². The summed E-state index contributed by atoms with van der Waals surface area (Å²) in [7, 11) is -4.26. The molecule has 0 atom stereocenters. The van der Waals surface area contributed by atoms with Gasteiger partial charge in [-0.25, -0.2) is 4.18 Å². The summed E-state index contributed by atoms with van der Waals surface area (Å²) in [6.45, 7) is 5.25. The van der Waals surface area contributed by atoms with E-state index >= 15 is 0 Å². The van der Waals surface area contributed by atoms with Crippen LogP contribution in [0.4, 0.5) is 0 Å². The fourth-order valence-electron chi connectivity index (χ4n) is 1.87. The Bertz CT molecular complexity index is 295. The molecule has 0 aliphatic rings. The Labute approximate surface area is 149 Å². The molecule has 0 aromatic carbocycles. The third-order valence-electron chi connectivity index (χ3n) is 3.04. The molecule has 0 rings (SSSR count). The van der Waals surface area contributed by atoms with Gasteiger partial charge in [0.2, 0.25) is 0 Å². The zero-order chi connectivity index (χ0) is 16.4. The topological polar surface area (TPSA) is 63.6 Å². The van der Waals surface area contributed by atoms with Crippen LogP contribution < -0.4 is 0 Å². The summed E-state index contributed by atoms with van der Waals surface area (Å²) in [5.74, 6) is 0. The van der Waals surface area contributed by atoms with Crippen LogP contribution in [0.1, 0.15) is 71.1 Å². The molecule has 6 heteroatoms. The number of rotatable bonds is 13. The molecule has 0 aromatic heterocycles. The van der Waals surface area contributed by atoms with Gasteiger partial charge in [0.05, 0.1) is 6.61 Å². The third kappa shape index (κ3) is 29.3. The molecule has 0 bridgehead atoms. The van der Waals surface area contributed by atoms with E-state index in [-0.39, 0.29) is 6.61 Å². The van der Waals surface area contributed by atoms with E-state index < -0.39 is 10.4 Å². The summed E-state index contributed by atoms with van der Waals surface area (Å²) in [6.07, 6.45) is 16.0. The first kappa shape index (κ1) is 23.9. The SMILES string of the molecule is C=CCOS(=O)(=O)O.CCCCCCCCCCC[CH2][Na]. The third-order valence-corrected chi connectivity index (χ3v) is 4.18. The first-order valence-electron chi connectivity index (χ1n) is 8.20. The molecular formula is C15H31NaO4S. The predicted octanol–water partition coefficient (Wildman–Crippen LogP) is 4.49. The summed E-state index contributed by atoms with van der Waals surface area (Å²) in [6, 6.07) is 0. The van der Waals surface area contributed by atoms with Crippen LogP contribution in [-0.4, -0.2) is 47.5 Å². The molecule has 0 saturated heterocycles. The molecule has 1 N–H and O–H groups in total. The van der Waals surface area contributed by atoms with Gasteiger partial charge in [0, 0.05) is 0 Å². The van der Waals surface area contributed by atoms with Crippen molar-refractivity contribution in [3.63, 3.8) is 0 Å². The predicted molar refractivity (Wildman–Crippen MR) is 90.1 cm³/mol. The van der Waals surface area contributed by atoms with Crippen LogP contribution in [0.3, 0.4) is 0 Å². The van der Waals surface area contributed by atoms with E-state index in [2.05, 4.69) is 17.7 Å². The molecule has 0 amide bonds. The van der Waals surface area contributed by atoms with E-state index in [1.54, 1.807) is 0 Å². The van der Waals surface area contributed by atoms with E-state index in [9.17, 15) is 8.42 Å². The van der Waals surface area contributed by atoms with Gasteiger partial charge in [-0.3, -0.25) is 4.55 Å². The molecule has 0 spiro atoms. The zero-order valence-corrected chi connectivity index (χ0v) is 16.7. The fraction of sp³-hybridized carbons (Fsp3) is 0.867. The summed E-state index contributed by atoms with van der Waals surface area (Å²) < 4.78 is 32.5. The van der Waals surface area contributed by atoms with Gasteiger partial charge in [0.25, 0.3) is 0 Å². The zero-order valence-electron chi connectivity index (χ0n) is 13.8. The van der Waals surface area contributed by atoms with Crippen molar-refractivity contribution in [1.82, 2.24) is 0 Å². The van der Waals surface area contributed by atoms with Gasteiger partial charge >= 0.3 is 113 Å². The average Bonchev–Trinajstić information content (AvgIpc) is 2.43. The van der Waals surface area contributed by atoms with Crippen molar-refractivity contribution in [2.75, 3.05) is 6.61 Å². The molecule has 0 fully saturated rings. The Morgan fingerprint density at radius 3 is 1.71 bits per heavy atom. The minimum absolute atomic E-state index is 0.196. The number of unbranched alkanes of at least 4 members (excludes halogenated alkanes) is 9. The Kier molecular flexibility index (Phi) is 21.2. The normalized spacial score (nSPS) is 10.9. The first-order chi connectivity index (χ1) is 9.97. The molecule has 0 aliphatic carbocycles. The summed E-state index contributed by atoms with van der Waals surface area (Å²) >= 11 is 1.41. The van der Waals surface area contributed by atoms with Gasteiger partial charge in [0.15, 0.2) is 0 Å². The maximum absolute atomic E-state index is 9.68. The van der Waals surface area contributed by atoms with Gasteiger partial charge in [-0.2, -0.15) is 8.42 Å². The molecule has 122 valence electrons. The van der Waals surface area contributed by atoms with Crippen molar-refractivity contribution in [3.8, 4) is 0 Å². The summed E-state index contributed by atoms with van der Waals surface area (Å²) in [4.78, 5) is 0. The molecule has 0 saturated carbocycles. The molecule has 0 radical (unpaired) electrons. The molecule has 4 nitrogen and oxygen atoms in total. The molecule has 0 aromatic rings. The van der Waals surface area contributed by atoms with Crippen LogP contribution in [0.2, 0.25) is 3.67 Å². The maximum atomic E-state index is 9.68. The van der Waals surface area contributed by atoms with E-state index in [0.717, 1.165) is 0 Å². The second-order valence-corrected chi connectivity index (χ2v) is 7.27. The Hall–Kier alpha value is 0.610. The van der Waals surface area contributed by atoms with Crippen molar-refractivity contribution in [2.24, 2.45) is 0 Å². The average molecular weight is 330 g/mol. The Morgan fingerprint density at radius 1 is 1.00 bits per heavy atom. The number of hydrogen-bond acceptors (Lipinski definition) is 3. The van der Waals surface area contributed by atoms with Crippen molar-refractivity contribution < 1.29 is 17.2 Å². The van der Waals surface area contributed by atoms with Gasteiger partial charge in [0.1, 0.15) is 0 Å². The van der Waals surface area contributed by atoms with E-state index in [1.165, 1.54) is 102 Å². The number of hydrogen-bond donors (Lipinski definition) is 1. The van der Waals surface area contributed by atoms with E-state index in [4.69, 9.17) is 4.55 Å². The molecule has 0 aliphatic heterocycles. The van der Waals surface area contributed by atoms with Crippen molar-refractivity contribution >= 4 is 38.3 Å². The second kappa shape index (κ2) is 18.7. The Balaban J connectivity index is 0. The standard InChI is InChI=1S/C12H25.C3H6O4S.Na/c1-3-5-7-9-11-12-10-8-6-4-2;1-2-3-7-8(4,5)6;/h1,3-12H2,2H3;2H,1,3H2,(H,4,5,6);. The van der Waals surface area contributed by atoms with Gasteiger partial charge in [-0.15, -0.1) is 6.58 Å². The minimum atomic E-state index is -4.26. The molecule has 21 heavy (non-hydrogen) atoms. The monoisotopic (exact) mass is 330 g/mol. The van der Waals surface area contributed by atoms with Crippen LogP contribution in [0.25, 0.3) is 0 Å². The van der Waals surface area contributed by atoms with Gasteiger partial charge in [-0.1, -0.05) is 6.08 Å². The van der Waals surface area contributed by atoms with Crippen molar-refractivity contribution in [3.05, 3.63) is 12.7 Å². The molecular weight excluding hydrogens is 299 g/mol. The first-order valence-corrected chi connectivity index (χ1v) is 11.0. The van der Waals surface area contributed by atoms with Crippen molar-refractivity contribution in [2.45, 2.75) is 74.8 Å². The van der Waals surface area contributed by atoms with Gasteiger partial charge < -0.3 is 0 Å². The van der Waals surface area contributed by atoms with Crippen LogP contribution in [-0.2, 0) is 14.6 Å². The van der Waals surface area contributed by atoms with Crippen molar-refractivity contribution in [1.29, 1.82) is 0 Å². The van der Waals surface area contributed by atoms with E-state index in [0.29, 0.717) is 0 Å². The summed E-state index contributed by atoms with van der Waals surface area (Å²) in [5.41, 5.74) is 0. The van der Waals surface area contributed by atoms with Crippen LogP contribution >= 0.6 is 0 Å². The summed E-state index contributed by atoms with van der Waals surface area (Å²) in [5, 5.41) is 0. The second-order valence-electron chi connectivity index (χ2n) is 5.18. The van der Waals surface area contributed by atoms with Gasteiger partial charge in [-0.05, 0) is 0 Å². The van der Waals surface area contributed by atoms with E-state index in [1.807, 2.05) is 0 Å². The molecule has 0 heterocycles. The fourth-order valence-corrected chi connectivity index (χ4v) is 2.64.